The second-order valence-electron chi connectivity index (χ2n) is 11.5. The topological polar surface area (TPSA) is 88.1 Å². The Hall–Kier alpha value is -4.04. The first-order valence-electron chi connectivity index (χ1n) is 13.6. The highest BCUT2D eigenvalue weighted by molar-refractivity contribution is 7.22. The average molecular weight is 596 g/mol. The molecule has 8 heteroatoms. The van der Waals surface area contributed by atoms with Gasteiger partial charge in [-0.15, -0.1) is 11.3 Å². The largest absolute Gasteiger partial charge is 0.479 e. The zero-order valence-corrected chi connectivity index (χ0v) is 25.5. The monoisotopic (exact) mass is 595 g/mol. The molecule has 6 aromatic rings. The number of nitrogens with one attached hydrogen (secondary N) is 1. The van der Waals surface area contributed by atoms with Crippen molar-refractivity contribution >= 4 is 50.2 Å². The number of fused-ring (bicyclic) bond motifs is 2. The molecule has 42 heavy (non-hydrogen) atoms. The molecular weight excluding hydrogens is 566 g/mol. The Bertz CT molecular complexity index is 1970. The molecule has 0 bridgehead atoms. The van der Waals surface area contributed by atoms with Gasteiger partial charge in [0.2, 0.25) is 0 Å². The lowest BCUT2D eigenvalue weighted by Gasteiger charge is -2.28. The Kier molecular flexibility index (Phi) is 7.13. The summed E-state index contributed by atoms with van der Waals surface area (Å²) >= 11 is 7.78. The van der Waals surface area contributed by atoms with Gasteiger partial charge in [0, 0.05) is 45.1 Å². The SMILES string of the molecule is Cc1cc2nc(-c3cccc(-c4cnc5[nH]cc(C)c5c4)c3)sc2c(-c2ccc(Cl)cc2)c1[C@H](OC(C)(C)C)C(=O)O. The first-order valence-corrected chi connectivity index (χ1v) is 14.8. The van der Waals surface area contributed by atoms with Crippen molar-refractivity contribution in [2.45, 2.75) is 46.3 Å². The normalized spacial score (nSPS) is 12.7. The lowest BCUT2D eigenvalue weighted by molar-refractivity contribution is -0.160. The zero-order valence-electron chi connectivity index (χ0n) is 23.9. The molecule has 212 valence electrons. The average Bonchev–Trinajstić information content (AvgIpc) is 3.54. The number of pyridine rings is 1. The number of carbonyl (C=O) groups is 1. The quantitative estimate of drug-likeness (QED) is 0.200. The van der Waals surface area contributed by atoms with Gasteiger partial charge in [-0.05, 0) is 87.2 Å². The van der Waals surface area contributed by atoms with E-state index in [1.807, 2.05) is 82.6 Å². The number of rotatable bonds is 6. The van der Waals surface area contributed by atoms with Gasteiger partial charge in [0.15, 0.2) is 6.10 Å². The fourth-order valence-electron chi connectivity index (χ4n) is 5.29. The van der Waals surface area contributed by atoms with E-state index in [-0.39, 0.29) is 0 Å². The van der Waals surface area contributed by atoms with Gasteiger partial charge in [-0.3, -0.25) is 0 Å². The molecule has 3 aromatic heterocycles. The molecule has 0 amide bonds. The van der Waals surface area contributed by atoms with Gasteiger partial charge < -0.3 is 14.8 Å². The number of aliphatic carboxylic acids is 1. The number of carboxylic acids is 1. The smallest absolute Gasteiger partial charge is 0.337 e. The Morgan fingerprint density at radius 2 is 1.71 bits per heavy atom. The summed E-state index contributed by atoms with van der Waals surface area (Å²) in [5.74, 6) is -1.04. The van der Waals surface area contributed by atoms with Crippen LogP contribution in [0.15, 0.2) is 73.1 Å². The Morgan fingerprint density at radius 3 is 2.43 bits per heavy atom. The third-order valence-corrected chi connectivity index (χ3v) is 8.59. The first-order chi connectivity index (χ1) is 20.0. The predicted octanol–water partition coefficient (Wildman–Crippen LogP) is 9.38. The minimum Gasteiger partial charge on any atom is -0.479 e. The van der Waals surface area contributed by atoms with Crippen LogP contribution in [0.2, 0.25) is 5.02 Å². The minimum absolute atomic E-state index is 0.606. The van der Waals surface area contributed by atoms with Crippen LogP contribution in [0, 0.1) is 13.8 Å². The number of aryl methyl sites for hydroxylation is 2. The molecule has 0 unspecified atom stereocenters. The highest BCUT2D eigenvalue weighted by atomic mass is 35.5. The zero-order chi connectivity index (χ0) is 29.8. The van der Waals surface area contributed by atoms with Crippen LogP contribution < -0.4 is 0 Å². The van der Waals surface area contributed by atoms with E-state index in [9.17, 15) is 9.90 Å². The molecule has 0 radical (unpaired) electrons. The second-order valence-corrected chi connectivity index (χ2v) is 12.9. The molecule has 6 nitrogen and oxygen atoms in total. The third kappa shape index (κ3) is 5.31. The number of H-pyrrole nitrogens is 1. The summed E-state index contributed by atoms with van der Waals surface area (Å²) in [6, 6.07) is 19.9. The number of aromatic amines is 1. The number of thiazole rings is 1. The van der Waals surface area contributed by atoms with E-state index in [2.05, 4.69) is 35.1 Å². The molecule has 0 fully saturated rings. The van der Waals surface area contributed by atoms with Crippen LogP contribution in [0.4, 0.5) is 0 Å². The van der Waals surface area contributed by atoms with Gasteiger partial charge >= 0.3 is 5.97 Å². The van der Waals surface area contributed by atoms with Crippen molar-refractivity contribution in [3.05, 3.63) is 94.8 Å². The van der Waals surface area contributed by atoms with E-state index in [4.69, 9.17) is 21.3 Å². The summed E-state index contributed by atoms with van der Waals surface area (Å²) in [5, 5.41) is 12.9. The van der Waals surface area contributed by atoms with Crippen LogP contribution in [-0.4, -0.2) is 31.6 Å². The Morgan fingerprint density at radius 1 is 0.976 bits per heavy atom. The summed E-state index contributed by atoms with van der Waals surface area (Å²) in [6.45, 7) is 9.57. The highest BCUT2D eigenvalue weighted by Crippen LogP contribution is 2.44. The number of benzene rings is 3. The molecule has 2 N–H and O–H groups in total. The highest BCUT2D eigenvalue weighted by Gasteiger charge is 2.32. The summed E-state index contributed by atoms with van der Waals surface area (Å²) < 4.78 is 7.04. The summed E-state index contributed by atoms with van der Waals surface area (Å²) in [5.41, 5.74) is 8.28. The number of ether oxygens (including phenoxy) is 1. The summed E-state index contributed by atoms with van der Waals surface area (Å²) in [7, 11) is 0. The van der Waals surface area contributed by atoms with E-state index >= 15 is 0 Å². The Balaban J connectivity index is 1.53. The molecule has 0 saturated heterocycles. The summed E-state index contributed by atoms with van der Waals surface area (Å²) in [6.07, 6.45) is 2.69. The van der Waals surface area contributed by atoms with Crippen LogP contribution in [0.1, 0.15) is 43.6 Å². The van der Waals surface area contributed by atoms with Gasteiger partial charge in [0.25, 0.3) is 0 Å². The molecule has 0 aliphatic rings. The molecule has 0 aliphatic heterocycles. The van der Waals surface area contributed by atoms with Crippen molar-refractivity contribution in [3.63, 3.8) is 0 Å². The molecule has 6 rings (SSSR count). The number of hydrogen-bond acceptors (Lipinski definition) is 5. The van der Waals surface area contributed by atoms with Gasteiger partial charge in [-0.1, -0.05) is 41.9 Å². The fraction of sp³-hybridized carbons (Fsp3) is 0.206. The molecule has 0 aliphatic carbocycles. The maximum atomic E-state index is 12.6. The van der Waals surface area contributed by atoms with Crippen molar-refractivity contribution in [2.24, 2.45) is 0 Å². The van der Waals surface area contributed by atoms with E-state index < -0.39 is 17.7 Å². The summed E-state index contributed by atoms with van der Waals surface area (Å²) in [4.78, 5) is 25.5. The van der Waals surface area contributed by atoms with Crippen molar-refractivity contribution in [1.82, 2.24) is 15.0 Å². The molecule has 0 saturated carbocycles. The lowest BCUT2D eigenvalue weighted by atomic mass is 9.91. The van der Waals surface area contributed by atoms with Crippen molar-refractivity contribution < 1.29 is 14.6 Å². The maximum absolute atomic E-state index is 12.6. The number of aromatic nitrogens is 3. The standard InChI is InChI=1S/C34H30ClN3O3S/c1-18-13-26-30(28(20-9-11-24(35)12-10-20)27(18)29(33(39)40)41-34(3,4)5)42-32(38-26)22-8-6-7-21(14-22)23-15-25-19(2)16-36-31(25)37-17-23/h6-17,29H,1-5H3,(H,36,37)(H,39,40)/t29-/m0/s1. The molecule has 3 aromatic carbocycles. The van der Waals surface area contributed by atoms with Crippen LogP contribution in [-0.2, 0) is 9.53 Å². The Labute approximate surface area is 253 Å². The van der Waals surface area contributed by atoms with Crippen LogP contribution in [0.3, 0.4) is 0 Å². The van der Waals surface area contributed by atoms with Crippen LogP contribution >= 0.6 is 22.9 Å². The number of nitrogens with zero attached hydrogens (tertiary/aromatic N) is 2. The molecule has 0 spiro atoms. The fourth-order valence-corrected chi connectivity index (χ4v) is 6.53. The second kappa shape index (κ2) is 10.7. The van der Waals surface area contributed by atoms with E-state index in [1.165, 1.54) is 0 Å². The van der Waals surface area contributed by atoms with Crippen molar-refractivity contribution in [2.75, 3.05) is 0 Å². The van der Waals surface area contributed by atoms with E-state index in [0.717, 1.165) is 65.2 Å². The number of hydrogen-bond donors (Lipinski definition) is 2. The van der Waals surface area contributed by atoms with Crippen molar-refractivity contribution in [3.8, 4) is 32.8 Å². The third-order valence-electron chi connectivity index (χ3n) is 7.20. The molecule has 1 atom stereocenters. The van der Waals surface area contributed by atoms with Gasteiger partial charge in [-0.2, -0.15) is 0 Å². The van der Waals surface area contributed by atoms with Gasteiger partial charge in [0.05, 0.1) is 15.8 Å². The maximum Gasteiger partial charge on any atom is 0.337 e. The number of halogens is 1. The van der Waals surface area contributed by atoms with Crippen molar-refractivity contribution in [1.29, 1.82) is 0 Å². The molecule has 3 heterocycles. The van der Waals surface area contributed by atoms with Gasteiger partial charge in [0.1, 0.15) is 10.7 Å². The first kappa shape index (κ1) is 28.1. The van der Waals surface area contributed by atoms with Crippen LogP contribution in [0.25, 0.3) is 54.1 Å². The van der Waals surface area contributed by atoms with Gasteiger partial charge in [-0.25, -0.2) is 14.8 Å². The minimum atomic E-state index is -1.16. The molecular formula is C34H30ClN3O3S. The number of carboxylic acid groups (broad SMARTS) is 1. The predicted molar refractivity (Wildman–Crippen MR) is 171 cm³/mol. The van der Waals surface area contributed by atoms with E-state index in [0.29, 0.717) is 10.6 Å². The van der Waals surface area contributed by atoms with E-state index in [1.54, 1.807) is 11.3 Å². The van der Waals surface area contributed by atoms with Crippen LogP contribution in [0.5, 0.6) is 0 Å². The lowest BCUT2D eigenvalue weighted by Crippen LogP contribution is -2.28.